The minimum absolute atomic E-state index is 0.0796. The number of methoxy groups -OCH3 is 1. The van der Waals surface area contributed by atoms with Crippen molar-refractivity contribution in [1.29, 1.82) is 0 Å². The molecule has 2 aromatic carbocycles. The summed E-state index contributed by atoms with van der Waals surface area (Å²) in [4.78, 5) is 22.0. The number of ether oxygens (including phenoxy) is 2. The van der Waals surface area contributed by atoms with E-state index in [1.54, 1.807) is 6.92 Å². The number of carbonyl (C=O) groups is 1. The van der Waals surface area contributed by atoms with Crippen LogP contribution >= 0.6 is 11.6 Å². The molecule has 0 N–H and O–H groups in total. The number of nitrogens with zero attached hydrogens (tertiary/aromatic N) is 2. The Morgan fingerprint density at radius 2 is 1.86 bits per heavy atom. The van der Waals surface area contributed by atoms with E-state index < -0.39 is 27.5 Å². The van der Waals surface area contributed by atoms with Crippen LogP contribution < -0.4 is 9.04 Å². The summed E-state index contributed by atoms with van der Waals surface area (Å²) in [6, 6.07) is 8.82. The first-order chi connectivity index (χ1) is 13.2. The monoisotopic (exact) mass is 428 g/mol. The van der Waals surface area contributed by atoms with Crippen LogP contribution in [0.15, 0.2) is 47.4 Å². The van der Waals surface area contributed by atoms with E-state index in [9.17, 15) is 23.3 Å². The molecular formula is C17H17ClN2O7S. The molecule has 0 spiro atoms. The molecule has 0 bridgehead atoms. The number of nitro groups is 1. The molecule has 11 heteroatoms. The fourth-order valence-corrected chi connectivity index (χ4v) is 3.98. The molecule has 2 aromatic rings. The first-order valence-corrected chi connectivity index (χ1v) is 9.78. The summed E-state index contributed by atoms with van der Waals surface area (Å²) < 4.78 is 36.8. The number of non-ortho nitro benzene ring substituents is 1. The number of benzene rings is 2. The van der Waals surface area contributed by atoms with Gasteiger partial charge in [0.15, 0.2) is 0 Å². The predicted molar refractivity (Wildman–Crippen MR) is 102 cm³/mol. The Labute approximate surface area is 166 Å². The van der Waals surface area contributed by atoms with Gasteiger partial charge in [0.1, 0.15) is 12.3 Å². The molecule has 0 saturated carbocycles. The van der Waals surface area contributed by atoms with Crippen LogP contribution in [0.2, 0.25) is 5.02 Å². The third kappa shape index (κ3) is 4.70. The lowest BCUT2D eigenvalue weighted by atomic mass is 10.3. The first kappa shape index (κ1) is 21.5. The number of hydrogen-bond acceptors (Lipinski definition) is 7. The van der Waals surface area contributed by atoms with Crippen LogP contribution in [-0.4, -0.2) is 39.6 Å². The van der Waals surface area contributed by atoms with Gasteiger partial charge < -0.3 is 9.47 Å². The van der Waals surface area contributed by atoms with Crippen LogP contribution in [0.4, 0.5) is 11.4 Å². The summed E-state index contributed by atoms with van der Waals surface area (Å²) in [5, 5.41) is 11.0. The molecule has 0 amide bonds. The second kappa shape index (κ2) is 8.89. The van der Waals surface area contributed by atoms with Crippen LogP contribution in [0.5, 0.6) is 5.75 Å². The molecular weight excluding hydrogens is 412 g/mol. The van der Waals surface area contributed by atoms with Crippen molar-refractivity contribution < 1.29 is 27.6 Å². The van der Waals surface area contributed by atoms with Gasteiger partial charge in [-0.25, -0.2) is 8.42 Å². The molecule has 150 valence electrons. The molecule has 0 atom stereocenters. The van der Waals surface area contributed by atoms with Crippen molar-refractivity contribution in [2.24, 2.45) is 0 Å². The highest BCUT2D eigenvalue weighted by Crippen LogP contribution is 2.34. The molecule has 0 aliphatic rings. The van der Waals surface area contributed by atoms with E-state index in [0.29, 0.717) is 16.7 Å². The molecule has 0 aromatic heterocycles. The number of esters is 1. The lowest BCUT2D eigenvalue weighted by Gasteiger charge is -2.24. The fourth-order valence-electron chi connectivity index (χ4n) is 2.29. The summed E-state index contributed by atoms with van der Waals surface area (Å²) in [7, 11) is -3.19. The van der Waals surface area contributed by atoms with Crippen molar-refractivity contribution in [2.75, 3.05) is 24.6 Å². The Hall–Kier alpha value is -2.85. The zero-order valence-corrected chi connectivity index (χ0v) is 16.6. The summed E-state index contributed by atoms with van der Waals surface area (Å²) >= 11 is 6.08. The lowest BCUT2D eigenvalue weighted by molar-refractivity contribution is -0.384. The fraction of sp³-hybridized carbons (Fsp3) is 0.235. The number of anilines is 1. The van der Waals surface area contributed by atoms with Gasteiger partial charge in [-0.15, -0.1) is 0 Å². The van der Waals surface area contributed by atoms with E-state index in [2.05, 4.69) is 4.74 Å². The van der Waals surface area contributed by atoms with Gasteiger partial charge >= 0.3 is 5.97 Å². The standard InChI is InChI=1S/C17H17ClN2O7S/c1-3-27-13-5-7-14(8-6-13)28(24,25)19(11-17(21)26-2)16-10-12(20(22)23)4-9-15(16)18/h4-10H,3,11H2,1-2H3. The van der Waals surface area contributed by atoms with E-state index in [4.69, 9.17) is 16.3 Å². The minimum Gasteiger partial charge on any atom is -0.494 e. The van der Waals surface area contributed by atoms with Crippen LogP contribution in [0, 0.1) is 10.1 Å². The van der Waals surface area contributed by atoms with Gasteiger partial charge in [-0.1, -0.05) is 11.6 Å². The van der Waals surface area contributed by atoms with E-state index >= 15 is 0 Å². The summed E-state index contributed by atoms with van der Waals surface area (Å²) in [5.74, 6) is -0.397. The van der Waals surface area contributed by atoms with Gasteiger partial charge in [0.25, 0.3) is 15.7 Å². The summed E-state index contributed by atoms with van der Waals surface area (Å²) in [6.07, 6.45) is 0. The van der Waals surface area contributed by atoms with Gasteiger partial charge in [0.2, 0.25) is 0 Å². The SMILES string of the molecule is CCOc1ccc(S(=O)(=O)N(CC(=O)OC)c2cc([N+](=O)[O-])ccc2Cl)cc1. The Kier molecular flexibility index (Phi) is 6.81. The molecule has 0 heterocycles. The second-order valence-electron chi connectivity index (χ2n) is 5.39. The maximum atomic E-state index is 13.1. The molecule has 0 aliphatic heterocycles. The molecule has 0 radical (unpaired) electrons. The average Bonchev–Trinajstić information content (AvgIpc) is 2.67. The third-order valence-corrected chi connectivity index (χ3v) is 5.73. The van der Waals surface area contributed by atoms with Crippen LogP contribution in [0.25, 0.3) is 0 Å². The van der Waals surface area contributed by atoms with Crippen molar-refractivity contribution in [3.8, 4) is 5.75 Å². The quantitative estimate of drug-likeness (QED) is 0.360. The van der Waals surface area contributed by atoms with E-state index in [1.807, 2.05) is 0 Å². The van der Waals surface area contributed by atoms with Crippen molar-refractivity contribution in [2.45, 2.75) is 11.8 Å². The van der Waals surface area contributed by atoms with Gasteiger partial charge in [-0.05, 0) is 37.3 Å². The van der Waals surface area contributed by atoms with Gasteiger partial charge in [-0.3, -0.25) is 19.2 Å². The van der Waals surface area contributed by atoms with E-state index in [-0.39, 0.29) is 21.3 Å². The normalized spacial score (nSPS) is 11.0. The van der Waals surface area contributed by atoms with E-state index in [0.717, 1.165) is 19.2 Å². The highest BCUT2D eigenvalue weighted by molar-refractivity contribution is 7.92. The minimum atomic E-state index is -4.29. The molecule has 28 heavy (non-hydrogen) atoms. The Morgan fingerprint density at radius 3 is 2.39 bits per heavy atom. The highest BCUT2D eigenvalue weighted by Gasteiger charge is 2.30. The largest absolute Gasteiger partial charge is 0.494 e. The molecule has 2 rings (SSSR count). The smallest absolute Gasteiger partial charge is 0.326 e. The Balaban J connectivity index is 2.58. The maximum absolute atomic E-state index is 13.1. The predicted octanol–water partition coefficient (Wildman–Crippen LogP) is 3.02. The highest BCUT2D eigenvalue weighted by atomic mass is 35.5. The topological polar surface area (TPSA) is 116 Å². The number of halogens is 1. The van der Waals surface area contributed by atoms with Crippen molar-refractivity contribution in [1.82, 2.24) is 0 Å². The van der Waals surface area contributed by atoms with Crippen LogP contribution in [0.1, 0.15) is 6.92 Å². The molecule has 0 saturated heterocycles. The number of nitro benzene ring substituents is 1. The van der Waals surface area contributed by atoms with Gasteiger partial charge in [-0.2, -0.15) is 0 Å². The second-order valence-corrected chi connectivity index (χ2v) is 7.65. The third-order valence-electron chi connectivity index (χ3n) is 3.63. The van der Waals surface area contributed by atoms with Gasteiger partial charge in [0, 0.05) is 12.1 Å². The lowest BCUT2D eigenvalue weighted by Crippen LogP contribution is -2.36. The molecule has 9 nitrogen and oxygen atoms in total. The molecule has 0 unspecified atom stereocenters. The number of sulfonamides is 1. The van der Waals surface area contributed by atoms with Crippen molar-refractivity contribution in [3.63, 3.8) is 0 Å². The first-order valence-electron chi connectivity index (χ1n) is 7.97. The van der Waals surface area contributed by atoms with Crippen molar-refractivity contribution in [3.05, 3.63) is 57.6 Å². The Bertz CT molecular complexity index is 978. The van der Waals surface area contributed by atoms with Crippen molar-refractivity contribution >= 4 is 39.0 Å². The van der Waals surface area contributed by atoms with Gasteiger partial charge in [0.05, 0.1) is 34.2 Å². The average molecular weight is 429 g/mol. The summed E-state index contributed by atoms with van der Waals surface area (Å²) in [6.45, 7) is 1.48. The Morgan fingerprint density at radius 1 is 1.21 bits per heavy atom. The maximum Gasteiger partial charge on any atom is 0.326 e. The number of rotatable bonds is 8. The number of hydrogen-bond donors (Lipinski definition) is 0. The zero-order valence-electron chi connectivity index (χ0n) is 15.0. The molecule has 0 aliphatic carbocycles. The number of carbonyl (C=O) groups excluding carboxylic acids is 1. The molecule has 0 fully saturated rings. The van der Waals surface area contributed by atoms with Crippen LogP contribution in [0.3, 0.4) is 0 Å². The van der Waals surface area contributed by atoms with Crippen LogP contribution in [-0.2, 0) is 19.6 Å². The zero-order chi connectivity index (χ0) is 20.9. The van der Waals surface area contributed by atoms with E-state index in [1.165, 1.54) is 30.3 Å². The summed E-state index contributed by atoms with van der Waals surface area (Å²) in [5.41, 5.74) is -0.591.